The molecule has 1 heterocycles. The van der Waals surface area contributed by atoms with E-state index in [9.17, 15) is 9.59 Å². The zero-order chi connectivity index (χ0) is 19.6. The third kappa shape index (κ3) is 4.37. The zero-order valence-corrected chi connectivity index (χ0v) is 19.7. The summed E-state index contributed by atoms with van der Waals surface area (Å²) in [5.74, 6) is 1.05. The number of hydrogen-bond acceptors (Lipinski definition) is 4. The van der Waals surface area contributed by atoms with E-state index in [-0.39, 0.29) is 59.5 Å². The molecule has 2 N–H and O–H groups in total. The van der Waals surface area contributed by atoms with E-state index >= 15 is 0 Å². The van der Waals surface area contributed by atoms with E-state index in [1.165, 1.54) is 4.90 Å². The van der Waals surface area contributed by atoms with E-state index in [2.05, 4.69) is 53.4 Å². The van der Waals surface area contributed by atoms with Crippen molar-refractivity contribution in [2.45, 2.75) is 33.2 Å². The van der Waals surface area contributed by atoms with Crippen molar-refractivity contribution in [3.63, 3.8) is 0 Å². The highest BCUT2D eigenvalue weighted by Crippen LogP contribution is 2.52. The second-order valence-corrected chi connectivity index (χ2v) is 7.78. The van der Waals surface area contributed by atoms with Crippen molar-refractivity contribution < 1.29 is 9.59 Å². The summed E-state index contributed by atoms with van der Waals surface area (Å²) < 4.78 is 0. The SMILES string of the molecule is CCN(CC)C(C)CNC(=NC)NCCN1C(=O)C2C3C=CC(C3)C2C1=O.I. The van der Waals surface area contributed by atoms with Gasteiger partial charge >= 0.3 is 0 Å². The summed E-state index contributed by atoms with van der Waals surface area (Å²) in [6.45, 7) is 10.3. The average Bonchev–Trinajstić information content (AvgIpc) is 3.34. The largest absolute Gasteiger partial charge is 0.355 e. The molecule has 0 radical (unpaired) electrons. The fourth-order valence-electron chi connectivity index (χ4n) is 4.91. The Morgan fingerprint density at radius 1 is 1.18 bits per heavy atom. The molecule has 0 aromatic carbocycles. The molecule has 5 atom stereocenters. The molecule has 3 aliphatic rings. The number of likely N-dealkylation sites (tertiary alicyclic amines) is 1. The summed E-state index contributed by atoms with van der Waals surface area (Å²) in [6, 6.07) is 0.405. The fourth-order valence-corrected chi connectivity index (χ4v) is 4.91. The quantitative estimate of drug-likeness (QED) is 0.172. The number of nitrogens with zero attached hydrogens (tertiary/aromatic N) is 3. The first-order valence-corrected chi connectivity index (χ1v) is 10.2. The molecule has 0 spiro atoms. The van der Waals surface area contributed by atoms with Crippen LogP contribution in [0.4, 0.5) is 0 Å². The molecular formula is C20H34IN5O2. The maximum absolute atomic E-state index is 12.7. The monoisotopic (exact) mass is 503 g/mol. The van der Waals surface area contributed by atoms with Gasteiger partial charge in [-0.25, -0.2) is 0 Å². The molecule has 1 saturated heterocycles. The van der Waals surface area contributed by atoms with Gasteiger partial charge in [0.05, 0.1) is 11.8 Å². The lowest BCUT2D eigenvalue weighted by Crippen LogP contribution is -2.47. The number of allylic oxidation sites excluding steroid dienone is 2. The fraction of sp³-hybridized carbons (Fsp3) is 0.750. The summed E-state index contributed by atoms with van der Waals surface area (Å²) in [4.78, 5) is 33.4. The Morgan fingerprint density at radius 2 is 1.75 bits per heavy atom. The minimum absolute atomic E-state index is 0. The number of rotatable bonds is 8. The van der Waals surface area contributed by atoms with Crippen LogP contribution in [-0.2, 0) is 9.59 Å². The Morgan fingerprint density at radius 3 is 2.25 bits per heavy atom. The van der Waals surface area contributed by atoms with Crippen LogP contribution >= 0.6 is 24.0 Å². The van der Waals surface area contributed by atoms with Gasteiger partial charge in [0.15, 0.2) is 5.96 Å². The number of fused-ring (bicyclic) bond motifs is 5. The molecule has 2 bridgehead atoms. The first-order chi connectivity index (χ1) is 13.0. The molecule has 28 heavy (non-hydrogen) atoms. The van der Waals surface area contributed by atoms with Crippen LogP contribution in [0.3, 0.4) is 0 Å². The van der Waals surface area contributed by atoms with E-state index in [1.54, 1.807) is 7.05 Å². The maximum Gasteiger partial charge on any atom is 0.233 e. The molecule has 5 unspecified atom stereocenters. The Hall–Kier alpha value is -1.16. The molecule has 3 rings (SSSR count). The second kappa shape index (κ2) is 10.0. The predicted molar refractivity (Wildman–Crippen MR) is 122 cm³/mol. The minimum atomic E-state index is -0.111. The van der Waals surface area contributed by atoms with Gasteiger partial charge in [-0.15, -0.1) is 24.0 Å². The lowest BCUT2D eigenvalue weighted by Gasteiger charge is -2.27. The number of guanidine groups is 1. The van der Waals surface area contributed by atoms with Crippen LogP contribution in [-0.4, -0.2) is 73.4 Å². The van der Waals surface area contributed by atoms with Crippen LogP contribution in [0.1, 0.15) is 27.2 Å². The molecule has 158 valence electrons. The Labute approximate surface area is 185 Å². The van der Waals surface area contributed by atoms with Crippen molar-refractivity contribution in [2.24, 2.45) is 28.7 Å². The van der Waals surface area contributed by atoms with Crippen molar-refractivity contribution in [3.05, 3.63) is 12.2 Å². The molecular weight excluding hydrogens is 469 g/mol. The minimum Gasteiger partial charge on any atom is -0.355 e. The van der Waals surface area contributed by atoms with E-state index in [4.69, 9.17) is 0 Å². The number of halogens is 1. The van der Waals surface area contributed by atoms with Crippen LogP contribution in [0.25, 0.3) is 0 Å². The number of aliphatic imine (C=N–C) groups is 1. The van der Waals surface area contributed by atoms with Gasteiger partial charge in [0.2, 0.25) is 11.8 Å². The average molecular weight is 503 g/mol. The molecule has 2 amide bonds. The number of nitrogens with one attached hydrogen (secondary N) is 2. The third-order valence-corrected chi connectivity index (χ3v) is 6.41. The van der Waals surface area contributed by atoms with Crippen molar-refractivity contribution in [3.8, 4) is 0 Å². The lowest BCUT2D eigenvalue weighted by atomic mass is 9.85. The van der Waals surface area contributed by atoms with Gasteiger partial charge in [-0.1, -0.05) is 26.0 Å². The Balaban J connectivity index is 0.00000280. The van der Waals surface area contributed by atoms with Crippen LogP contribution in [0, 0.1) is 23.7 Å². The van der Waals surface area contributed by atoms with Gasteiger partial charge in [0.25, 0.3) is 0 Å². The molecule has 7 nitrogen and oxygen atoms in total. The summed E-state index contributed by atoms with van der Waals surface area (Å²) >= 11 is 0. The van der Waals surface area contributed by atoms with Gasteiger partial charge in [-0.2, -0.15) is 0 Å². The highest BCUT2D eigenvalue weighted by molar-refractivity contribution is 14.0. The standard InChI is InChI=1S/C20H33N5O2.HI/c1-5-24(6-2)13(3)12-23-20(21-4)22-9-10-25-18(26)16-14-7-8-15(11-14)17(16)19(25)27;/h7-8,13-17H,5-6,9-12H2,1-4H3,(H2,21,22,23);1H. The number of likely N-dealkylation sites (N-methyl/N-ethyl adjacent to an activating group) is 1. The van der Waals surface area contributed by atoms with Gasteiger partial charge in [-0.05, 0) is 38.3 Å². The lowest BCUT2D eigenvalue weighted by molar-refractivity contribution is -0.140. The predicted octanol–water partition coefficient (Wildman–Crippen LogP) is 1.31. The van der Waals surface area contributed by atoms with E-state index < -0.39 is 0 Å². The molecule has 2 fully saturated rings. The van der Waals surface area contributed by atoms with Crippen molar-refractivity contribution in [2.75, 3.05) is 39.8 Å². The first kappa shape index (κ1) is 23.1. The number of imide groups is 1. The normalized spacial score (nSPS) is 29.3. The highest BCUT2D eigenvalue weighted by atomic mass is 127. The van der Waals surface area contributed by atoms with Crippen molar-refractivity contribution >= 4 is 41.8 Å². The third-order valence-electron chi connectivity index (χ3n) is 6.41. The molecule has 8 heteroatoms. The van der Waals surface area contributed by atoms with Crippen molar-refractivity contribution in [1.82, 2.24) is 20.4 Å². The van der Waals surface area contributed by atoms with Gasteiger partial charge < -0.3 is 10.6 Å². The van der Waals surface area contributed by atoms with E-state index in [1.807, 2.05) is 0 Å². The summed E-state index contributed by atoms with van der Waals surface area (Å²) in [7, 11) is 1.73. The smallest absolute Gasteiger partial charge is 0.233 e. The zero-order valence-electron chi connectivity index (χ0n) is 17.4. The summed E-state index contributed by atoms with van der Waals surface area (Å²) in [5.41, 5.74) is 0. The second-order valence-electron chi connectivity index (χ2n) is 7.78. The first-order valence-electron chi connectivity index (χ1n) is 10.2. The summed E-state index contributed by atoms with van der Waals surface area (Å²) in [5, 5.41) is 6.56. The topological polar surface area (TPSA) is 77.0 Å². The van der Waals surface area contributed by atoms with Crippen LogP contribution in [0.2, 0.25) is 0 Å². The van der Waals surface area contributed by atoms with Crippen LogP contribution < -0.4 is 10.6 Å². The molecule has 0 aromatic heterocycles. The van der Waals surface area contributed by atoms with E-state index in [0.29, 0.717) is 25.1 Å². The van der Waals surface area contributed by atoms with Gasteiger partial charge in [-0.3, -0.25) is 24.4 Å². The molecule has 1 aliphatic heterocycles. The summed E-state index contributed by atoms with van der Waals surface area (Å²) in [6.07, 6.45) is 5.23. The van der Waals surface area contributed by atoms with Crippen LogP contribution in [0.15, 0.2) is 17.1 Å². The molecule has 0 aromatic rings. The Bertz CT molecular complexity index is 604. The van der Waals surface area contributed by atoms with Gasteiger partial charge in [0, 0.05) is 32.7 Å². The number of carbonyl (C=O) groups excluding carboxylic acids is 2. The number of carbonyl (C=O) groups is 2. The molecule has 1 saturated carbocycles. The van der Waals surface area contributed by atoms with Gasteiger partial charge in [0.1, 0.15) is 0 Å². The number of amides is 2. The van der Waals surface area contributed by atoms with Crippen molar-refractivity contribution in [1.29, 1.82) is 0 Å². The van der Waals surface area contributed by atoms with E-state index in [0.717, 1.165) is 26.1 Å². The maximum atomic E-state index is 12.7. The molecule has 2 aliphatic carbocycles. The number of hydrogen-bond donors (Lipinski definition) is 2. The Kier molecular flexibility index (Phi) is 8.30. The highest BCUT2D eigenvalue weighted by Gasteiger charge is 2.58. The van der Waals surface area contributed by atoms with Crippen LogP contribution in [0.5, 0.6) is 0 Å².